The van der Waals surface area contributed by atoms with Gasteiger partial charge in [0.15, 0.2) is 0 Å². The van der Waals surface area contributed by atoms with Crippen LogP contribution < -0.4 is 0 Å². The number of rotatable bonds is 44. The first-order valence-electron chi connectivity index (χ1n) is 22.5. The Kier molecular flexibility index (Phi) is 40.7. The predicted molar refractivity (Wildman–Crippen MR) is 219 cm³/mol. The number of ether oxygens (including phenoxy) is 2. The van der Waals surface area contributed by atoms with Gasteiger partial charge in [-0.05, 0) is 12.8 Å². The normalized spacial score (nSPS) is 14.0. The zero-order chi connectivity index (χ0) is 38.9. The summed E-state index contributed by atoms with van der Waals surface area (Å²) in [5.74, 6) is -0.376. The van der Waals surface area contributed by atoms with Gasteiger partial charge in [0.1, 0.15) is 12.2 Å². The van der Waals surface area contributed by atoms with Crippen LogP contribution in [0.3, 0.4) is 0 Å². The fourth-order valence-corrected chi connectivity index (χ4v) is 7.38. The molecule has 1 unspecified atom stereocenters. The lowest BCUT2D eigenvalue weighted by atomic mass is 10.0. The van der Waals surface area contributed by atoms with Gasteiger partial charge in [-0.1, -0.05) is 206 Å². The van der Waals surface area contributed by atoms with Crippen molar-refractivity contribution < 1.29 is 43.0 Å². The van der Waals surface area contributed by atoms with Gasteiger partial charge in [-0.3, -0.25) is 13.8 Å². The first-order valence-corrected chi connectivity index (χ1v) is 24.0. The monoisotopic (exact) mass is 779 g/mol. The van der Waals surface area contributed by atoms with Crippen LogP contribution in [0.4, 0.5) is 0 Å². The van der Waals surface area contributed by atoms with Crippen molar-refractivity contribution in [2.24, 2.45) is 0 Å². The number of phosphoric acid groups is 1. The van der Waals surface area contributed by atoms with Crippen molar-refractivity contribution in [2.75, 3.05) is 33.0 Å². The first-order chi connectivity index (χ1) is 25.8. The van der Waals surface area contributed by atoms with Gasteiger partial charge in [-0.25, -0.2) is 4.57 Å². The van der Waals surface area contributed by atoms with Gasteiger partial charge in [0.05, 0.1) is 26.4 Å². The quantitative estimate of drug-likeness (QED) is 0.0314. The van der Waals surface area contributed by atoms with Crippen molar-refractivity contribution in [1.82, 2.24) is 0 Å². The van der Waals surface area contributed by atoms with Crippen LogP contribution in [-0.2, 0) is 27.9 Å². The molecule has 0 radical (unpaired) electrons. The number of hydrogen-bond acceptors (Lipinski definition) is 8. The predicted octanol–water partition coefficient (Wildman–Crippen LogP) is 12.3. The van der Waals surface area contributed by atoms with E-state index in [9.17, 15) is 19.4 Å². The topological polar surface area (TPSA) is 132 Å². The van der Waals surface area contributed by atoms with Gasteiger partial charge in [0, 0.05) is 13.0 Å². The number of esters is 1. The average molecular weight is 779 g/mol. The van der Waals surface area contributed by atoms with E-state index in [-0.39, 0.29) is 25.6 Å². The largest absolute Gasteiger partial charge is 0.472 e. The second kappa shape index (κ2) is 41.1. The number of aliphatic hydroxyl groups is 2. The number of carbonyl (C=O) groups excluding carboxylic acids is 1. The van der Waals surface area contributed by atoms with Gasteiger partial charge in [0.25, 0.3) is 0 Å². The molecule has 0 saturated carbocycles. The van der Waals surface area contributed by atoms with Gasteiger partial charge >= 0.3 is 13.8 Å². The van der Waals surface area contributed by atoms with Crippen molar-refractivity contribution in [3.05, 3.63) is 0 Å². The van der Waals surface area contributed by atoms with E-state index in [0.29, 0.717) is 6.61 Å². The van der Waals surface area contributed by atoms with Gasteiger partial charge in [-0.2, -0.15) is 0 Å². The van der Waals surface area contributed by atoms with E-state index < -0.39 is 33.2 Å². The van der Waals surface area contributed by atoms with E-state index in [1.807, 2.05) is 0 Å². The minimum Gasteiger partial charge on any atom is -0.457 e. The molecule has 0 aliphatic heterocycles. The van der Waals surface area contributed by atoms with Crippen molar-refractivity contribution in [2.45, 2.75) is 238 Å². The fourth-order valence-electron chi connectivity index (χ4n) is 6.59. The van der Waals surface area contributed by atoms with E-state index in [1.165, 1.54) is 173 Å². The summed E-state index contributed by atoms with van der Waals surface area (Å²) in [6.07, 6.45) is 39.1. The van der Waals surface area contributed by atoms with Crippen molar-refractivity contribution in [1.29, 1.82) is 0 Å². The maximum absolute atomic E-state index is 12.6. The van der Waals surface area contributed by atoms with E-state index in [2.05, 4.69) is 13.8 Å². The third-order valence-electron chi connectivity index (χ3n) is 10.0. The molecule has 318 valence electrons. The van der Waals surface area contributed by atoms with Gasteiger partial charge < -0.3 is 24.6 Å². The molecule has 0 saturated heterocycles. The lowest BCUT2D eigenvalue weighted by molar-refractivity contribution is -0.154. The molecule has 0 spiro atoms. The van der Waals surface area contributed by atoms with Crippen LogP contribution in [-0.4, -0.2) is 66.3 Å². The Bertz CT molecular complexity index is 800. The van der Waals surface area contributed by atoms with Crippen LogP contribution in [0, 0.1) is 0 Å². The Labute approximate surface area is 327 Å². The zero-order valence-electron chi connectivity index (χ0n) is 34.8. The lowest BCUT2D eigenvalue weighted by Crippen LogP contribution is -2.29. The smallest absolute Gasteiger partial charge is 0.457 e. The SMILES string of the molecule is CCCCCCCCCCCCCCCCCCCCOC[C@H](COP(=O)(O)OC[C@@H](O)CO)OC(=O)CCCCCCCCCCCCCCCC. The van der Waals surface area contributed by atoms with Crippen LogP contribution >= 0.6 is 7.82 Å². The summed E-state index contributed by atoms with van der Waals surface area (Å²) in [7, 11) is -4.51. The Balaban J connectivity index is 4.08. The molecule has 0 fully saturated rings. The molecule has 0 aliphatic rings. The third kappa shape index (κ3) is 40.9. The van der Waals surface area contributed by atoms with Crippen LogP contribution in [0.2, 0.25) is 0 Å². The molecule has 0 bridgehead atoms. The van der Waals surface area contributed by atoms with Crippen molar-refractivity contribution >= 4 is 13.8 Å². The molecule has 3 N–H and O–H groups in total. The van der Waals surface area contributed by atoms with Gasteiger partial charge in [-0.15, -0.1) is 0 Å². The van der Waals surface area contributed by atoms with Crippen LogP contribution in [0.15, 0.2) is 0 Å². The Hall–Kier alpha value is -0.540. The number of carbonyl (C=O) groups is 1. The molecule has 0 heterocycles. The molecular formula is C43H87O9P. The number of hydrogen-bond donors (Lipinski definition) is 3. The maximum Gasteiger partial charge on any atom is 0.472 e. The minimum absolute atomic E-state index is 0.0582. The zero-order valence-corrected chi connectivity index (χ0v) is 35.7. The fraction of sp³-hybridized carbons (Fsp3) is 0.977. The van der Waals surface area contributed by atoms with Crippen LogP contribution in [0.25, 0.3) is 0 Å². The Morgan fingerprint density at radius 1 is 0.509 bits per heavy atom. The highest BCUT2D eigenvalue weighted by Gasteiger charge is 2.26. The highest BCUT2D eigenvalue weighted by molar-refractivity contribution is 7.47. The van der Waals surface area contributed by atoms with E-state index in [4.69, 9.17) is 23.6 Å². The molecule has 0 aliphatic carbocycles. The first kappa shape index (κ1) is 52.5. The second-order valence-corrected chi connectivity index (χ2v) is 16.9. The molecule has 0 aromatic heterocycles. The summed E-state index contributed by atoms with van der Waals surface area (Å²) in [5.41, 5.74) is 0. The summed E-state index contributed by atoms with van der Waals surface area (Å²) < 4.78 is 33.4. The Morgan fingerprint density at radius 3 is 1.23 bits per heavy atom. The standard InChI is InChI=1S/C43H87O9P/c1-3-5-7-9-11-13-15-17-19-20-21-22-24-26-28-30-32-34-36-49-39-42(40-51-53(47,48)50-38-41(45)37-44)52-43(46)35-33-31-29-27-25-23-18-16-14-12-10-8-6-4-2/h41-42,44-45H,3-40H2,1-2H3,(H,47,48)/t41-,42+/m0/s1. The molecule has 0 rings (SSSR count). The number of phosphoric ester groups is 1. The summed E-state index contributed by atoms with van der Waals surface area (Å²) >= 11 is 0. The lowest BCUT2D eigenvalue weighted by Gasteiger charge is -2.20. The number of unbranched alkanes of at least 4 members (excludes halogenated alkanes) is 30. The third-order valence-corrected chi connectivity index (χ3v) is 11.0. The molecular weight excluding hydrogens is 691 g/mol. The van der Waals surface area contributed by atoms with Crippen LogP contribution in [0.5, 0.6) is 0 Å². The molecule has 53 heavy (non-hydrogen) atoms. The average Bonchev–Trinajstić information content (AvgIpc) is 3.15. The second-order valence-electron chi connectivity index (χ2n) is 15.4. The van der Waals surface area contributed by atoms with E-state index in [1.54, 1.807) is 0 Å². The van der Waals surface area contributed by atoms with E-state index >= 15 is 0 Å². The summed E-state index contributed by atoms with van der Waals surface area (Å²) in [4.78, 5) is 22.6. The van der Waals surface area contributed by atoms with Crippen LogP contribution in [0.1, 0.15) is 226 Å². The molecule has 0 aromatic rings. The highest BCUT2D eigenvalue weighted by atomic mass is 31.2. The molecule has 0 amide bonds. The van der Waals surface area contributed by atoms with E-state index in [0.717, 1.165) is 32.1 Å². The molecule has 10 heteroatoms. The van der Waals surface area contributed by atoms with Crippen molar-refractivity contribution in [3.63, 3.8) is 0 Å². The summed E-state index contributed by atoms with van der Waals surface area (Å²) in [5, 5.41) is 18.3. The highest BCUT2D eigenvalue weighted by Crippen LogP contribution is 2.43. The number of aliphatic hydroxyl groups excluding tert-OH is 2. The Morgan fingerprint density at radius 2 is 0.849 bits per heavy atom. The molecule has 0 aromatic carbocycles. The minimum atomic E-state index is -4.51. The molecule has 9 nitrogen and oxygen atoms in total. The summed E-state index contributed by atoms with van der Waals surface area (Å²) in [6.45, 7) is 3.58. The summed E-state index contributed by atoms with van der Waals surface area (Å²) in [6, 6.07) is 0. The van der Waals surface area contributed by atoms with Gasteiger partial charge in [0.2, 0.25) is 0 Å². The van der Waals surface area contributed by atoms with Crippen molar-refractivity contribution in [3.8, 4) is 0 Å². The molecule has 3 atom stereocenters. The maximum atomic E-state index is 12.6.